The molecule has 0 bridgehead atoms. The second-order valence-electron chi connectivity index (χ2n) is 5.05. The van der Waals surface area contributed by atoms with E-state index in [-0.39, 0.29) is 4.91 Å². The summed E-state index contributed by atoms with van der Waals surface area (Å²) in [6, 6.07) is 0. The second kappa shape index (κ2) is 9.98. The molecule has 0 aliphatic carbocycles. The minimum Gasteiger partial charge on any atom is -0.207 e. The topological polar surface area (TPSA) is 46.2 Å². The molecule has 126 valence electrons. The Hall–Kier alpha value is -1.91. The van der Waals surface area contributed by atoms with E-state index in [1.54, 1.807) is 12.2 Å². The van der Waals surface area contributed by atoms with Gasteiger partial charge in [0.15, 0.2) is 0 Å². The summed E-state index contributed by atoms with van der Waals surface area (Å²) in [6.07, 6.45) is 15.3. The molecule has 0 saturated heterocycles. The summed E-state index contributed by atoms with van der Waals surface area (Å²) in [5, 5.41) is 0. The number of allylic oxidation sites excluding steroid dienone is 8. The van der Waals surface area contributed by atoms with Crippen LogP contribution in [0.3, 0.4) is 0 Å². The van der Waals surface area contributed by atoms with Gasteiger partial charge in [-0.3, -0.25) is 0 Å². The van der Waals surface area contributed by atoms with Gasteiger partial charge in [-0.25, -0.2) is 13.1 Å². The zero-order valence-electron chi connectivity index (χ0n) is 14.2. The Morgan fingerprint density at radius 3 is 2.13 bits per heavy atom. The average Bonchev–Trinajstić information content (AvgIpc) is 2.50. The van der Waals surface area contributed by atoms with Gasteiger partial charge < -0.3 is 0 Å². The van der Waals surface area contributed by atoms with Gasteiger partial charge in [-0.2, -0.15) is 0 Å². The van der Waals surface area contributed by atoms with Gasteiger partial charge >= 0.3 is 0 Å². The summed E-state index contributed by atoms with van der Waals surface area (Å²) in [4.78, 5) is 0.130. The molecule has 1 unspecified atom stereocenters. The molecule has 0 aromatic rings. The highest BCUT2D eigenvalue weighted by atomic mass is 32.2. The minimum atomic E-state index is -3.71. The largest absolute Gasteiger partial charge is 0.241 e. The highest BCUT2D eigenvalue weighted by Crippen LogP contribution is 2.25. The standard InChI is InChI=1S/C19H27NO2S/c1-7-12-16-18(15-10-4)23(21,22)20-19(6,11-5)17(13-8-2)14-9-3/h7-10,12-16,20H,1-2,4,11H2,3,5-6H3/b14-9-,16-12-,17-13+,18-15+. The maximum absolute atomic E-state index is 12.7. The summed E-state index contributed by atoms with van der Waals surface area (Å²) >= 11 is 0. The molecule has 1 N–H and O–H groups in total. The Morgan fingerprint density at radius 1 is 1.09 bits per heavy atom. The van der Waals surface area contributed by atoms with Crippen LogP contribution in [0.2, 0.25) is 0 Å². The number of hydrogen-bond donors (Lipinski definition) is 1. The van der Waals surface area contributed by atoms with Crippen molar-refractivity contribution in [3.63, 3.8) is 0 Å². The van der Waals surface area contributed by atoms with E-state index in [1.807, 2.05) is 39.0 Å². The van der Waals surface area contributed by atoms with Crippen LogP contribution in [0.4, 0.5) is 0 Å². The maximum atomic E-state index is 12.7. The van der Waals surface area contributed by atoms with Crippen LogP contribution in [0.1, 0.15) is 27.2 Å². The van der Waals surface area contributed by atoms with Crippen molar-refractivity contribution < 1.29 is 8.42 Å². The third-order valence-corrected chi connectivity index (χ3v) is 4.95. The van der Waals surface area contributed by atoms with Crippen LogP contribution in [-0.4, -0.2) is 14.0 Å². The van der Waals surface area contributed by atoms with Gasteiger partial charge in [0.25, 0.3) is 0 Å². The van der Waals surface area contributed by atoms with Crippen LogP contribution < -0.4 is 4.72 Å². The van der Waals surface area contributed by atoms with E-state index < -0.39 is 15.6 Å². The predicted molar refractivity (Wildman–Crippen MR) is 101 cm³/mol. The molecule has 0 rings (SSSR count). The molecule has 0 fully saturated rings. The van der Waals surface area contributed by atoms with Gasteiger partial charge in [-0.1, -0.05) is 69.2 Å². The molecule has 0 heterocycles. The molecule has 0 aromatic carbocycles. The van der Waals surface area contributed by atoms with Crippen molar-refractivity contribution >= 4 is 10.0 Å². The number of hydrogen-bond acceptors (Lipinski definition) is 2. The van der Waals surface area contributed by atoms with E-state index in [9.17, 15) is 8.42 Å². The quantitative estimate of drug-likeness (QED) is 0.595. The second-order valence-corrected chi connectivity index (χ2v) is 6.73. The van der Waals surface area contributed by atoms with E-state index in [4.69, 9.17) is 0 Å². The molecule has 0 amide bonds. The summed E-state index contributed by atoms with van der Waals surface area (Å²) in [5.74, 6) is 0. The fourth-order valence-corrected chi connectivity index (χ4v) is 3.44. The lowest BCUT2D eigenvalue weighted by molar-refractivity contribution is 0.473. The average molecular weight is 333 g/mol. The predicted octanol–water partition coefficient (Wildman–Crippen LogP) is 4.58. The van der Waals surface area contributed by atoms with E-state index in [0.29, 0.717) is 6.42 Å². The molecule has 1 atom stereocenters. The van der Waals surface area contributed by atoms with Crippen LogP contribution >= 0.6 is 0 Å². The number of rotatable bonds is 10. The van der Waals surface area contributed by atoms with Gasteiger partial charge in [-0.15, -0.1) is 0 Å². The molecule has 23 heavy (non-hydrogen) atoms. The molecule has 0 aliphatic rings. The molecule has 0 radical (unpaired) electrons. The van der Waals surface area contributed by atoms with Crippen LogP contribution in [0.25, 0.3) is 0 Å². The summed E-state index contributed by atoms with van der Waals surface area (Å²) in [6.45, 7) is 16.5. The summed E-state index contributed by atoms with van der Waals surface area (Å²) < 4.78 is 28.2. The normalized spacial score (nSPS) is 16.5. The molecular weight excluding hydrogens is 306 g/mol. The van der Waals surface area contributed by atoms with Crippen LogP contribution in [0, 0.1) is 0 Å². The molecular formula is C19H27NO2S. The van der Waals surface area contributed by atoms with Gasteiger partial charge in [0.1, 0.15) is 0 Å². The summed E-state index contributed by atoms with van der Waals surface area (Å²) in [7, 11) is -3.71. The molecule has 0 aromatic heterocycles. The Kier molecular flexibility index (Phi) is 9.15. The van der Waals surface area contributed by atoms with Crippen LogP contribution in [-0.2, 0) is 10.0 Å². The van der Waals surface area contributed by atoms with E-state index in [0.717, 1.165) is 5.57 Å². The van der Waals surface area contributed by atoms with Gasteiger partial charge in [-0.05, 0) is 38.0 Å². The van der Waals surface area contributed by atoms with Gasteiger partial charge in [0.2, 0.25) is 10.0 Å². The number of sulfonamides is 1. The van der Waals surface area contributed by atoms with Crippen LogP contribution in [0.5, 0.6) is 0 Å². The molecule has 0 aliphatic heterocycles. The zero-order valence-corrected chi connectivity index (χ0v) is 15.1. The molecule has 3 nitrogen and oxygen atoms in total. The lowest BCUT2D eigenvalue weighted by atomic mass is 9.89. The van der Waals surface area contributed by atoms with Gasteiger partial charge in [0.05, 0.1) is 10.4 Å². The van der Waals surface area contributed by atoms with E-state index >= 15 is 0 Å². The smallest absolute Gasteiger partial charge is 0.207 e. The lowest BCUT2D eigenvalue weighted by Gasteiger charge is -2.31. The van der Waals surface area contributed by atoms with Crippen molar-refractivity contribution in [2.75, 3.05) is 0 Å². The monoisotopic (exact) mass is 333 g/mol. The van der Waals surface area contributed by atoms with Gasteiger partial charge in [0, 0.05) is 0 Å². The molecule has 0 saturated carbocycles. The highest BCUT2D eigenvalue weighted by Gasteiger charge is 2.31. The van der Waals surface area contributed by atoms with Crippen molar-refractivity contribution in [2.24, 2.45) is 0 Å². The molecule has 4 heteroatoms. The fraction of sp³-hybridized carbons (Fsp3) is 0.263. The zero-order chi connectivity index (χ0) is 17.9. The van der Waals surface area contributed by atoms with E-state index in [1.165, 1.54) is 24.3 Å². The Labute approximate surface area is 141 Å². The minimum absolute atomic E-state index is 0.130. The lowest BCUT2D eigenvalue weighted by Crippen LogP contribution is -2.46. The van der Waals surface area contributed by atoms with Crippen molar-refractivity contribution in [1.82, 2.24) is 4.72 Å². The first-order chi connectivity index (χ1) is 10.8. The SMILES string of the molecule is C=C/C=C\C(=C/C=C)S(=O)(=O)NC(C)(CC)C(/C=C\C)=C/C=C. The third kappa shape index (κ3) is 6.38. The first-order valence-electron chi connectivity index (χ1n) is 7.43. The van der Waals surface area contributed by atoms with Crippen molar-refractivity contribution in [3.8, 4) is 0 Å². The first kappa shape index (κ1) is 21.1. The van der Waals surface area contributed by atoms with Crippen molar-refractivity contribution in [1.29, 1.82) is 0 Å². The third-order valence-electron chi connectivity index (χ3n) is 3.34. The summed E-state index contributed by atoms with van der Waals surface area (Å²) in [5.41, 5.74) is 0.0914. The fourth-order valence-electron chi connectivity index (χ4n) is 1.93. The van der Waals surface area contributed by atoms with Crippen LogP contribution in [0.15, 0.2) is 84.9 Å². The molecule has 0 spiro atoms. The first-order valence-corrected chi connectivity index (χ1v) is 8.91. The maximum Gasteiger partial charge on any atom is 0.241 e. The number of nitrogens with one attached hydrogen (secondary N) is 1. The Bertz CT molecular complexity index is 649. The Balaban J connectivity index is 5.93. The highest BCUT2D eigenvalue weighted by molar-refractivity contribution is 7.93. The Morgan fingerprint density at radius 2 is 1.70 bits per heavy atom. The van der Waals surface area contributed by atoms with E-state index in [2.05, 4.69) is 24.5 Å². The van der Waals surface area contributed by atoms with Crippen molar-refractivity contribution in [3.05, 3.63) is 84.9 Å². The van der Waals surface area contributed by atoms with Crippen molar-refractivity contribution in [2.45, 2.75) is 32.7 Å².